The Morgan fingerprint density at radius 3 is 2.50 bits per heavy atom. The lowest BCUT2D eigenvalue weighted by molar-refractivity contribution is 0.525. The zero-order chi connectivity index (χ0) is 10.8. The summed E-state index contributed by atoms with van der Waals surface area (Å²) in [5.74, 6) is 0.462. The quantitative estimate of drug-likeness (QED) is 0.801. The summed E-state index contributed by atoms with van der Waals surface area (Å²) in [5, 5.41) is -0.335. The van der Waals surface area contributed by atoms with E-state index in [0.29, 0.717) is 17.3 Å². The molecule has 14 heavy (non-hydrogen) atoms. The molecular weight excluding hydrogens is 266 g/mol. The van der Waals surface area contributed by atoms with Crippen molar-refractivity contribution in [2.75, 3.05) is 6.54 Å². The minimum Gasteiger partial charge on any atom is -0.215 e. The first-order chi connectivity index (χ1) is 6.43. The first-order valence-electron chi connectivity index (χ1n) is 5.06. The van der Waals surface area contributed by atoms with E-state index in [1.807, 2.05) is 0 Å². The predicted octanol–water partition coefficient (Wildman–Crippen LogP) is 1.88. The Labute approximate surface area is 94.8 Å². The third-order valence-corrected chi connectivity index (χ3v) is 5.75. The summed E-state index contributed by atoms with van der Waals surface area (Å²) in [7, 11) is -3.08. The minimum absolute atomic E-state index is 0.335. The Morgan fingerprint density at radius 2 is 2.07 bits per heavy atom. The van der Waals surface area contributed by atoms with E-state index in [1.54, 1.807) is 13.8 Å². The number of sulfonamides is 1. The Bertz CT molecular complexity index is 277. The standard InChI is InChI=1S/C9H18BrNO2S/c1-7(2)14(12,13)11-6-8-4-3-5-9(8)10/h7-9,11H,3-6H2,1-2H3. The molecule has 0 radical (unpaired) electrons. The number of hydrogen-bond donors (Lipinski definition) is 1. The van der Waals surface area contributed by atoms with Gasteiger partial charge in [-0.15, -0.1) is 0 Å². The second-order valence-electron chi connectivity index (χ2n) is 4.15. The molecule has 2 unspecified atom stereocenters. The van der Waals surface area contributed by atoms with E-state index in [1.165, 1.54) is 6.42 Å². The summed E-state index contributed by atoms with van der Waals surface area (Å²) in [6, 6.07) is 0. The van der Waals surface area contributed by atoms with Crippen molar-refractivity contribution in [2.45, 2.75) is 43.2 Å². The van der Waals surface area contributed by atoms with Gasteiger partial charge in [-0.3, -0.25) is 0 Å². The maximum atomic E-state index is 11.5. The molecule has 84 valence electrons. The van der Waals surface area contributed by atoms with Crippen LogP contribution in [-0.2, 0) is 10.0 Å². The molecule has 3 nitrogen and oxygen atoms in total. The van der Waals surface area contributed by atoms with Crippen molar-refractivity contribution in [3.8, 4) is 0 Å². The third kappa shape index (κ3) is 3.21. The van der Waals surface area contributed by atoms with Crippen LogP contribution in [0.2, 0.25) is 0 Å². The van der Waals surface area contributed by atoms with E-state index in [-0.39, 0.29) is 5.25 Å². The van der Waals surface area contributed by atoms with Crippen LogP contribution in [0.5, 0.6) is 0 Å². The Hall–Kier alpha value is 0.390. The molecule has 1 aliphatic carbocycles. The van der Waals surface area contributed by atoms with Crippen LogP contribution in [-0.4, -0.2) is 25.0 Å². The summed E-state index contributed by atoms with van der Waals surface area (Å²) in [5.41, 5.74) is 0. The second kappa shape index (κ2) is 4.94. The normalized spacial score (nSPS) is 28.6. The van der Waals surface area contributed by atoms with Crippen molar-refractivity contribution >= 4 is 26.0 Å². The van der Waals surface area contributed by atoms with Gasteiger partial charge in [0.05, 0.1) is 5.25 Å². The van der Waals surface area contributed by atoms with Crippen molar-refractivity contribution in [2.24, 2.45) is 5.92 Å². The number of halogens is 1. The van der Waals surface area contributed by atoms with Gasteiger partial charge in [0.2, 0.25) is 10.0 Å². The van der Waals surface area contributed by atoms with Gasteiger partial charge in [0.25, 0.3) is 0 Å². The van der Waals surface area contributed by atoms with Crippen LogP contribution in [0.4, 0.5) is 0 Å². The molecule has 0 aromatic heterocycles. The van der Waals surface area contributed by atoms with E-state index in [0.717, 1.165) is 12.8 Å². The third-order valence-electron chi connectivity index (χ3n) is 2.73. The number of alkyl halides is 1. The fourth-order valence-corrected chi connectivity index (χ4v) is 3.17. The maximum Gasteiger partial charge on any atom is 0.213 e. The van der Waals surface area contributed by atoms with Crippen LogP contribution in [0.1, 0.15) is 33.1 Å². The molecule has 2 atom stereocenters. The molecule has 1 N–H and O–H groups in total. The smallest absolute Gasteiger partial charge is 0.213 e. The lowest BCUT2D eigenvalue weighted by Crippen LogP contribution is -2.35. The van der Waals surface area contributed by atoms with Gasteiger partial charge < -0.3 is 0 Å². The molecule has 1 fully saturated rings. The van der Waals surface area contributed by atoms with Gasteiger partial charge in [-0.05, 0) is 32.6 Å². The van der Waals surface area contributed by atoms with E-state index in [2.05, 4.69) is 20.7 Å². The molecule has 0 aromatic rings. The zero-order valence-corrected chi connectivity index (χ0v) is 11.1. The van der Waals surface area contributed by atoms with E-state index >= 15 is 0 Å². The Morgan fingerprint density at radius 1 is 1.43 bits per heavy atom. The van der Waals surface area contributed by atoms with Crippen LogP contribution in [0, 0.1) is 5.92 Å². The van der Waals surface area contributed by atoms with Crippen LogP contribution < -0.4 is 4.72 Å². The Balaban J connectivity index is 2.40. The van der Waals surface area contributed by atoms with E-state index in [4.69, 9.17) is 0 Å². The van der Waals surface area contributed by atoms with Crippen molar-refractivity contribution in [3.63, 3.8) is 0 Å². The number of rotatable bonds is 4. The van der Waals surface area contributed by atoms with Crippen LogP contribution in [0.3, 0.4) is 0 Å². The summed E-state index contributed by atoms with van der Waals surface area (Å²) in [6.07, 6.45) is 3.48. The molecule has 0 spiro atoms. The monoisotopic (exact) mass is 283 g/mol. The minimum atomic E-state index is -3.08. The largest absolute Gasteiger partial charge is 0.215 e. The molecule has 0 aliphatic heterocycles. The van der Waals surface area contributed by atoms with Gasteiger partial charge in [-0.2, -0.15) is 0 Å². The summed E-state index contributed by atoms with van der Waals surface area (Å²) < 4.78 is 25.6. The number of nitrogens with one attached hydrogen (secondary N) is 1. The van der Waals surface area contributed by atoms with Gasteiger partial charge in [0, 0.05) is 11.4 Å². The fraction of sp³-hybridized carbons (Fsp3) is 1.00. The summed E-state index contributed by atoms with van der Waals surface area (Å²) >= 11 is 3.57. The Kier molecular flexibility index (Phi) is 4.40. The highest BCUT2D eigenvalue weighted by Crippen LogP contribution is 2.30. The first kappa shape index (κ1) is 12.5. The highest BCUT2D eigenvalue weighted by molar-refractivity contribution is 9.09. The molecule has 0 amide bonds. The molecule has 5 heteroatoms. The lowest BCUT2D eigenvalue weighted by atomic mass is 10.1. The first-order valence-corrected chi connectivity index (χ1v) is 7.52. The average Bonchev–Trinajstić information content (AvgIpc) is 2.47. The maximum absolute atomic E-state index is 11.5. The van der Waals surface area contributed by atoms with Crippen molar-refractivity contribution < 1.29 is 8.42 Å². The van der Waals surface area contributed by atoms with Gasteiger partial charge in [0.1, 0.15) is 0 Å². The van der Waals surface area contributed by atoms with Crippen molar-refractivity contribution in [1.29, 1.82) is 0 Å². The van der Waals surface area contributed by atoms with E-state index < -0.39 is 10.0 Å². The molecule has 1 rings (SSSR count). The van der Waals surface area contributed by atoms with Crippen LogP contribution in [0.25, 0.3) is 0 Å². The lowest BCUT2D eigenvalue weighted by Gasteiger charge is -2.16. The van der Waals surface area contributed by atoms with Crippen LogP contribution in [0.15, 0.2) is 0 Å². The number of hydrogen-bond acceptors (Lipinski definition) is 2. The molecule has 0 saturated heterocycles. The molecular formula is C9H18BrNO2S. The molecule has 1 saturated carbocycles. The topological polar surface area (TPSA) is 46.2 Å². The molecule has 0 aromatic carbocycles. The SMILES string of the molecule is CC(C)S(=O)(=O)NCC1CCCC1Br. The summed E-state index contributed by atoms with van der Waals surface area (Å²) in [4.78, 5) is 0.484. The highest BCUT2D eigenvalue weighted by atomic mass is 79.9. The fourth-order valence-electron chi connectivity index (χ4n) is 1.61. The van der Waals surface area contributed by atoms with Gasteiger partial charge in [-0.1, -0.05) is 22.4 Å². The molecule has 1 aliphatic rings. The van der Waals surface area contributed by atoms with E-state index in [9.17, 15) is 8.42 Å². The predicted molar refractivity (Wildman–Crippen MR) is 62.1 cm³/mol. The summed E-state index contributed by atoms with van der Waals surface area (Å²) in [6.45, 7) is 3.97. The van der Waals surface area contributed by atoms with Gasteiger partial charge in [-0.25, -0.2) is 13.1 Å². The van der Waals surface area contributed by atoms with Gasteiger partial charge >= 0.3 is 0 Å². The van der Waals surface area contributed by atoms with Gasteiger partial charge in [0.15, 0.2) is 0 Å². The average molecular weight is 284 g/mol. The van der Waals surface area contributed by atoms with Crippen molar-refractivity contribution in [1.82, 2.24) is 4.72 Å². The second-order valence-corrected chi connectivity index (χ2v) is 7.65. The molecule has 0 bridgehead atoms. The molecule has 0 heterocycles. The zero-order valence-electron chi connectivity index (χ0n) is 8.66. The van der Waals surface area contributed by atoms with Crippen molar-refractivity contribution in [3.05, 3.63) is 0 Å². The van der Waals surface area contributed by atoms with Crippen LogP contribution >= 0.6 is 15.9 Å². The highest BCUT2D eigenvalue weighted by Gasteiger charge is 2.26.